The molecule has 0 saturated carbocycles. The predicted octanol–water partition coefficient (Wildman–Crippen LogP) is 3.06. The van der Waals surface area contributed by atoms with E-state index in [0.717, 1.165) is 6.92 Å². The molecule has 0 nitrogen and oxygen atoms in total. The monoisotopic (exact) mass is 200 g/mol. The third-order valence-electron chi connectivity index (χ3n) is 0.970. The van der Waals surface area contributed by atoms with E-state index < -0.39 is 5.92 Å². The van der Waals surface area contributed by atoms with Gasteiger partial charge in [-0.2, -0.15) is 0 Å². The lowest BCUT2D eigenvalue weighted by Gasteiger charge is -2.13. The van der Waals surface area contributed by atoms with E-state index in [1.165, 1.54) is 0 Å². The molecule has 0 radical (unpaired) electrons. The lowest BCUT2D eigenvalue weighted by Crippen LogP contribution is -2.15. The van der Waals surface area contributed by atoms with Crippen LogP contribution in [0.25, 0.3) is 0 Å². The van der Waals surface area contributed by atoms with Crippen molar-refractivity contribution in [2.24, 2.45) is 5.92 Å². The van der Waals surface area contributed by atoms with Crippen molar-refractivity contribution in [3.63, 3.8) is 0 Å². The van der Waals surface area contributed by atoms with E-state index >= 15 is 0 Å². The topological polar surface area (TPSA) is 0 Å². The Morgan fingerprint density at radius 1 is 1.56 bits per heavy atom. The molecule has 0 aromatic heterocycles. The van der Waals surface area contributed by atoms with Gasteiger partial charge in [-0.05, 0) is 12.8 Å². The van der Waals surface area contributed by atoms with Crippen molar-refractivity contribution < 1.29 is 8.78 Å². The lowest BCUT2D eigenvalue weighted by atomic mass is 10.1. The molecular formula is C6H11BrF2. The quantitative estimate of drug-likeness (QED) is 0.615. The minimum Gasteiger partial charge on any atom is -0.207 e. The van der Waals surface area contributed by atoms with Crippen LogP contribution in [0.4, 0.5) is 8.78 Å². The maximum Gasteiger partial charge on any atom is 0.245 e. The molecular weight excluding hydrogens is 190 g/mol. The Balaban J connectivity index is 3.47. The molecule has 0 aliphatic heterocycles. The van der Waals surface area contributed by atoms with Gasteiger partial charge in [-0.25, -0.2) is 8.78 Å². The molecule has 0 spiro atoms. The van der Waals surface area contributed by atoms with Gasteiger partial charge in [0.05, 0.1) is 0 Å². The van der Waals surface area contributed by atoms with Gasteiger partial charge in [-0.15, -0.1) is 0 Å². The van der Waals surface area contributed by atoms with Crippen molar-refractivity contribution in [2.45, 2.75) is 26.2 Å². The molecule has 0 aromatic carbocycles. The number of alkyl halides is 3. The average Bonchev–Trinajstić information content (AvgIpc) is 1.62. The summed E-state index contributed by atoms with van der Waals surface area (Å²) in [7, 11) is 0. The second-order valence-electron chi connectivity index (χ2n) is 2.53. The minimum atomic E-state index is -2.51. The van der Waals surface area contributed by atoms with E-state index in [4.69, 9.17) is 0 Å². The Kier molecular flexibility index (Phi) is 3.63. The standard InChI is InChI=1S/C6H11BrF2/c1-5(4-7)3-6(2,8)9/h5H,3-4H2,1-2H3. The maximum atomic E-state index is 12.1. The zero-order valence-electron chi connectivity index (χ0n) is 5.63. The summed E-state index contributed by atoms with van der Waals surface area (Å²) in [4.78, 5) is 0. The van der Waals surface area contributed by atoms with Gasteiger partial charge in [0.2, 0.25) is 5.92 Å². The van der Waals surface area contributed by atoms with Crippen LogP contribution in [-0.4, -0.2) is 11.3 Å². The molecule has 0 fully saturated rings. The number of rotatable bonds is 3. The zero-order chi connectivity index (χ0) is 7.49. The molecule has 0 rings (SSSR count). The van der Waals surface area contributed by atoms with Crippen LogP contribution in [0.3, 0.4) is 0 Å². The number of hydrogen-bond acceptors (Lipinski definition) is 0. The highest BCUT2D eigenvalue weighted by atomic mass is 79.9. The van der Waals surface area contributed by atoms with E-state index in [9.17, 15) is 8.78 Å². The fraction of sp³-hybridized carbons (Fsp3) is 1.00. The van der Waals surface area contributed by atoms with E-state index in [2.05, 4.69) is 15.9 Å². The summed E-state index contributed by atoms with van der Waals surface area (Å²) in [5, 5.41) is 0.649. The van der Waals surface area contributed by atoms with Gasteiger partial charge in [0.1, 0.15) is 0 Å². The van der Waals surface area contributed by atoms with Crippen molar-refractivity contribution in [3.8, 4) is 0 Å². The Hall–Kier alpha value is 0.340. The van der Waals surface area contributed by atoms with Crippen LogP contribution >= 0.6 is 15.9 Å². The fourth-order valence-electron chi connectivity index (χ4n) is 0.666. The highest BCUT2D eigenvalue weighted by molar-refractivity contribution is 9.09. The molecule has 0 heterocycles. The van der Waals surface area contributed by atoms with Crippen LogP contribution in [0.1, 0.15) is 20.3 Å². The van der Waals surface area contributed by atoms with Crippen molar-refractivity contribution in [1.82, 2.24) is 0 Å². The molecule has 0 N–H and O–H groups in total. The molecule has 3 heteroatoms. The minimum absolute atomic E-state index is 0.0295. The van der Waals surface area contributed by atoms with Crippen LogP contribution < -0.4 is 0 Å². The second-order valence-corrected chi connectivity index (χ2v) is 3.18. The molecule has 0 amide bonds. The predicted molar refractivity (Wildman–Crippen MR) is 38.2 cm³/mol. The summed E-state index contributed by atoms with van der Waals surface area (Å²) in [6.07, 6.45) is -0.0295. The molecule has 0 saturated heterocycles. The van der Waals surface area contributed by atoms with Gasteiger partial charge < -0.3 is 0 Å². The van der Waals surface area contributed by atoms with Gasteiger partial charge in [0.15, 0.2) is 0 Å². The van der Waals surface area contributed by atoms with Gasteiger partial charge >= 0.3 is 0 Å². The highest BCUT2D eigenvalue weighted by Gasteiger charge is 2.23. The summed E-state index contributed by atoms with van der Waals surface area (Å²) in [6.45, 7) is 2.75. The van der Waals surface area contributed by atoms with Crippen molar-refractivity contribution in [3.05, 3.63) is 0 Å². The molecule has 56 valence electrons. The summed E-state index contributed by atoms with van der Waals surface area (Å²) < 4.78 is 24.3. The van der Waals surface area contributed by atoms with Crippen LogP contribution in [0.15, 0.2) is 0 Å². The van der Waals surface area contributed by atoms with Crippen molar-refractivity contribution in [1.29, 1.82) is 0 Å². The van der Waals surface area contributed by atoms with E-state index in [1.54, 1.807) is 6.92 Å². The Morgan fingerprint density at radius 3 is 2.11 bits per heavy atom. The first-order chi connectivity index (χ1) is 3.95. The van der Waals surface area contributed by atoms with Crippen LogP contribution in [0.5, 0.6) is 0 Å². The van der Waals surface area contributed by atoms with Crippen LogP contribution in [-0.2, 0) is 0 Å². The first-order valence-corrected chi connectivity index (χ1v) is 4.01. The summed E-state index contributed by atoms with van der Waals surface area (Å²) in [5.74, 6) is -2.45. The smallest absolute Gasteiger partial charge is 0.207 e. The summed E-state index contributed by atoms with van der Waals surface area (Å²) in [6, 6.07) is 0. The number of hydrogen-bond donors (Lipinski definition) is 0. The molecule has 9 heavy (non-hydrogen) atoms. The second kappa shape index (κ2) is 3.49. The third kappa shape index (κ3) is 6.22. The van der Waals surface area contributed by atoms with Crippen LogP contribution in [0.2, 0.25) is 0 Å². The Labute approximate surface area is 62.8 Å². The molecule has 0 bridgehead atoms. The van der Waals surface area contributed by atoms with Crippen LogP contribution in [0, 0.1) is 5.92 Å². The van der Waals surface area contributed by atoms with E-state index in [-0.39, 0.29) is 12.3 Å². The molecule has 0 aromatic rings. The van der Waals surface area contributed by atoms with Gasteiger partial charge in [-0.1, -0.05) is 22.9 Å². The normalized spacial score (nSPS) is 15.7. The van der Waals surface area contributed by atoms with Crippen molar-refractivity contribution in [2.75, 3.05) is 5.33 Å². The van der Waals surface area contributed by atoms with Crippen molar-refractivity contribution >= 4 is 15.9 Å². The zero-order valence-corrected chi connectivity index (χ0v) is 7.21. The van der Waals surface area contributed by atoms with Gasteiger partial charge in [0.25, 0.3) is 0 Å². The number of halogens is 3. The highest BCUT2D eigenvalue weighted by Crippen LogP contribution is 2.22. The molecule has 1 atom stereocenters. The third-order valence-corrected chi connectivity index (χ3v) is 2.08. The SMILES string of the molecule is CC(CBr)CC(C)(F)F. The summed E-state index contributed by atoms with van der Waals surface area (Å²) >= 11 is 3.13. The lowest BCUT2D eigenvalue weighted by molar-refractivity contribution is 0.00163. The Morgan fingerprint density at radius 2 is 2.00 bits per heavy atom. The first kappa shape index (κ1) is 9.34. The maximum absolute atomic E-state index is 12.1. The van der Waals surface area contributed by atoms with E-state index in [1.807, 2.05) is 0 Å². The summed E-state index contributed by atoms with van der Waals surface area (Å²) in [5.41, 5.74) is 0. The molecule has 0 aliphatic rings. The van der Waals surface area contributed by atoms with Gasteiger partial charge in [-0.3, -0.25) is 0 Å². The Bertz CT molecular complexity index is 77.6. The molecule has 0 aliphatic carbocycles. The van der Waals surface area contributed by atoms with E-state index in [0.29, 0.717) is 5.33 Å². The first-order valence-electron chi connectivity index (χ1n) is 2.89. The molecule has 1 unspecified atom stereocenters. The van der Waals surface area contributed by atoms with Gasteiger partial charge in [0, 0.05) is 11.8 Å². The largest absolute Gasteiger partial charge is 0.245 e. The fourth-order valence-corrected chi connectivity index (χ4v) is 0.895. The average molecular weight is 201 g/mol.